The van der Waals surface area contributed by atoms with Crippen molar-refractivity contribution < 1.29 is 9.53 Å². The number of ether oxygens (including phenoxy) is 1. The summed E-state index contributed by atoms with van der Waals surface area (Å²) in [6, 6.07) is 10.1. The molecule has 0 fully saturated rings. The molecule has 0 saturated heterocycles. The number of carbonyl (C=O) groups excluding carboxylic acids is 1. The van der Waals surface area contributed by atoms with Gasteiger partial charge in [-0.2, -0.15) is 20.4 Å². The molecule has 0 bridgehead atoms. The highest BCUT2D eigenvalue weighted by atomic mass is 16.5. The molecule has 0 aliphatic carbocycles. The van der Waals surface area contributed by atoms with Gasteiger partial charge in [-0.25, -0.2) is 0 Å². The minimum absolute atomic E-state index is 0.216. The van der Waals surface area contributed by atoms with Crippen molar-refractivity contribution in [1.82, 2.24) is 0 Å². The monoisotopic (exact) mass is 619 g/mol. The molecule has 19 heteroatoms. The van der Waals surface area contributed by atoms with Gasteiger partial charge in [-0.3, -0.25) is 4.79 Å². The molecule has 238 valence electrons. The number of amides is 1. The van der Waals surface area contributed by atoms with Gasteiger partial charge >= 0.3 is 0 Å². The largest absolute Gasteiger partial charge is 0.484 e. The maximum Gasteiger partial charge on any atom is 0.262 e. The Kier molecular flexibility index (Phi) is 12.5. The fourth-order valence-corrected chi connectivity index (χ4v) is 3.33. The van der Waals surface area contributed by atoms with Crippen molar-refractivity contribution in [2.75, 3.05) is 11.9 Å². The predicted octanol–water partition coefficient (Wildman–Crippen LogP) is -1.31. The van der Waals surface area contributed by atoms with Crippen molar-refractivity contribution in [2.24, 2.45) is 86.7 Å². The van der Waals surface area contributed by atoms with E-state index in [1.807, 2.05) is 0 Å². The van der Waals surface area contributed by atoms with Gasteiger partial charge in [-0.1, -0.05) is 0 Å². The van der Waals surface area contributed by atoms with E-state index in [-0.39, 0.29) is 30.4 Å². The third-order valence-electron chi connectivity index (χ3n) is 5.43. The van der Waals surface area contributed by atoms with Gasteiger partial charge in [-0.15, -0.1) is 20.4 Å². The lowest BCUT2D eigenvalue weighted by molar-refractivity contribution is -0.118. The summed E-state index contributed by atoms with van der Waals surface area (Å²) in [5.41, 5.74) is 47.7. The zero-order valence-corrected chi connectivity index (χ0v) is 25.2. The van der Waals surface area contributed by atoms with E-state index in [0.717, 1.165) is 0 Å². The summed E-state index contributed by atoms with van der Waals surface area (Å²) in [7, 11) is 0. The van der Waals surface area contributed by atoms with Crippen LogP contribution in [-0.2, 0) is 4.79 Å². The maximum atomic E-state index is 13.0. The molecule has 0 spiro atoms. The van der Waals surface area contributed by atoms with Crippen LogP contribution >= 0.6 is 0 Å². The lowest BCUT2D eigenvalue weighted by atomic mass is 10.0. The number of nitrogens with zero attached hydrogens (tertiary/aromatic N) is 8. The van der Waals surface area contributed by atoms with Crippen molar-refractivity contribution in [2.45, 2.75) is 27.7 Å². The van der Waals surface area contributed by atoms with Crippen LogP contribution in [0.15, 0.2) is 77.2 Å². The van der Waals surface area contributed by atoms with Crippen LogP contribution in [-0.4, -0.2) is 59.2 Å². The first-order chi connectivity index (χ1) is 21.1. The van der Waals surface area contributed by atoms with Crippen LogP contribution in [0.5, 0.6) is 5.75 Å². The van der Waals surface area contributed by atoms with Crippen molar-refractivity contribution in [1.29, 1.82) is 0 Å². The summed E-state index contributed by atoms with van der Waals surface area (Å²) < 4.78 is 5.83. The molecular formula is C26H37N17O2. The summed E-state index contributed by atoms with van der Waals surface area (Å²) in [6.45, 7) is 6.37. The van der Waals surface area contributed by atoms with E-state index in [2.05, 4.69) is 46.1 Å². The van der Waals surface area contributed by atoms with E-state index in [4.69, 9.17) is 50.6 Å². The van der Waals surface area contributed by atoms with Gasteiger partial charge < -0.3 is 55.9 Å². The molecule has 19 nitrogen and oxygen atoms in total. The lowest BCUT2D eigenvalue weighted by Gasteiger charge is -2.13. The van der Waals surface area contributed by atoms with Gasteiger partial charge in [0.25, 0.3) is 5.91 Å². The molecule has 45 heavy (non-hydrogen) atoms. The predicted molar refractivity (Wildman–Crippen MR) is 179 cm³/mol. The summed E-state index contributed by atoms with van der Waals surface area (Å²) in [5, 5.41) is 33.5. The van der Waals surface area contributed by atoms with Gasteiger partial charge in [0.2, 0.25) is 23.8 Å². The van der Waals surface area contributed by atoms with Gasteiger partial charge in [-0.05, 0) is 64.1 Å². The number of benzene rings is 2. The van der Waals surface area contributed by atoms with Gasteiger partial charge in [0, 0.05) is 27.9 Å². The molecule has 0 saturated carbocycles. The molecule has 0 unspecified atom stereocenters. The maximum absolute atomic E-state index is 13.0. The second-order valence-corrected chi connectivity index (χ2v) is 9.22. The van der Waals surface area contributed by atoms with E-state index in [0.29, 0.717) is 56.5 Å². The van der Waals surface area contributed by atoms with E-state index in [1.54, 1.807) is 64.1 Å². The van der Waals surface area contributed by atoms with Crippen molar-refractivity contribution in [3.8, 4) is 5.75 Å². The number of nitrogens with one attached hydrogen (secondary N) is 1. The molecule has 2 aromatic rings. The second-order valence-electron chi connectivity index (χ2n) is 9.22. The number of hydrogen-bond donors (Lipinski definition) is 9. The summed E-state index contributed by atoms with van der Waals surface area (Å²) >= 11 is 0. The standard InChI is InChI=1S/C26H37N17O2/c1-12(36-40-23(27)28)16-5-17(13(2)37-41-24(29)30)8-20(7-16)35-22(44)11-45-21-9-18(14(3)38-42-25(31)32)6-19(10-21)15(4)39-43-26(33)34/h5-10H,11H2,1-4H3,(H,35,44)(H4,27,28,40)(H4,29,30,41)(H4,31,32,42)(H4,33,34,43)/b36-12-,37-13+,38-14-,39-15-. The van der Waals surface area contributed by atoms with Gasteiger partial charge in [0.1, 0.15) is 5.75 Å². The first-order valence-electron chi connectivity index (χ1n) is 12.9. The van der Waals surface area contributed by atoms with Crippen LogP contribution in [0.4, 0.5) is 5.69 Å². The first kappa shape index (κ1) is 34.7. The quantitative estimate of drug-likeness (QED) is 0.0767. The minimum atomic E-state index is -0.487. The summed E-state index contributed by atoms with van der Waals surface area (Å²) in [6.07, 6.45) is 0. The summed E-state index contributed by atoms with van der Waals surface area (Å²) in [4.78, 5) is 13.0. The molecule has 0 aliphatic heterocycles. The third-order valence-corrected chi connectivity index (χ3v) is 5.43. The minimum Gasteiger partial charge on any atom is -0.484 e. The second kappa shape index (κ2) is 16.2. The van der Waals surface area contributed by atoms with Crippen LogP contribution in [0, 0.1) is 0 Å². The number of rotatable bonds is 12. The Morgan fingerprint density at radius 3 is 1.16 bits per heavy atom. The molecular weight excluding hydrogens is 582 g/mol. The Balaban J connectivity index is 2.43. The molecule has 2 aromatic carbocycles. The van der Waals surface area contributed by atoms with E-state index in [9.17, 15) is 4.79 Å². The highest BCUT2D eigenvalue weighted by Crippen LogP contribution is 2.21. The Hall–Kier alpha value is -6.53. The van der Waals surface area contributed by atoms with Crippen LogP contribution in [0.3, 0.4) is 0 Å². The number of hydrogen-bond acceptors (Lipinski definition) is 10. The number of carbonyl (C=O) groups is 1. The van der Waals surface area contributed by atoms with Crippen LogP contribution in [0.1, 0.15) is 49.9 Å². The van der Waals surface area contributed by atoms with Gasteiger partial charge in [0.05, 0.1) is 22.8 Å². The number of anilines is 1. The van der Waals surface area contributed by atoms with Crippen LogP contribution in [0.2, 0.25) is 0 Å². The van der Waals surface area contributed by atoms with Crippen molar-refractivity contribution in [3.05, 3.63) is 58.7 Å². The SMILES string of the molecule is C/C(=N/N=C(N)N)c1cc(OCC(=O)Nc2cc(/C(C)=N\N=C(N)N)cc(/C(C)=N/N=C(N)N)c2)cc(/C(C)=N\N=C(N)N)c1. The molecule has 0 aliphatic rings. The normalized spacial score (nSPS) is 12.1. The van der Waals surface area contributed by atoms with E-state index in [1.165, 1.54) is 0 Å². The van der Waals surface area contributed by atoms with Crippen LogP contribution in [0.25, 0.3) is 0 Å². The topological polar surface area (TPSA) is 345 Å². The first-order valence-corrected chi connectivity index (χ1v) is 12.9. The molecule has 0 radical (unpaired) electrons. The van der Waals surface area contributed by atoms with Gasteiger partial charge in [0.15, 0.2) is 6.61 Å². The average Bonchev–Trinajstić information content (AvgIpc) is 2.98. The molecule has 0 heterocycles. The Labute approximate surface area is 258 Å². The summed E-state index contributed by atoms with van der Waals surface area (Å²) in [5.74, 6) is -1.04. The molecule has 1 amide bonds. The molecule has 0 aromatic heterocycles. The zero-order valence-electron chi connectivity index (χ0n) is 25.2. The fourth-order valence-electron chi connectivity index (χ4n) is 3.33. The highest BCUT2D eigenvalue weighted by molar-refractivity contribution is 6.07. The number of nitrogens with two attached hydrogens (primary N) is 8. The Morgan fingerprint density at radius 1 is 0.533 bits per heavy atom. The molecule has 2 rings (SSSR count). The Bertz CT molecular complexity index is 1540. The molecule has 0 atom stereocenters. The van der Waals surface area contributed by atoms with E-state index < -0.39 is 5.91 Å². The van der Waals surface area contributed by atoms with Crippen LogP contribution < -0.4 is 55.9 Å². The lowest BCUT2D eigenvalue weighted by Crippen LogP contribution is -2.22. The smallest absolute Gasteiger partial charge is 0.262 e. The van der Waals surface area contributed by atoms with E-state index >= 15 is 0 Å². The average molecular weight is 620 g/mol. The van der Waals surface area contributed by atoms with Crippen molar-refractivity contribution in [3.63, 3.8) is 0 Å². The fraction of sp³-hybridized carbons (Fsp3) is 0.192. The highest BCUT2D eigenvalue weighted by Gasteiger charge is 2.12. The number of guanidine groups is 4. The third kappa shape index (κ3) is 12.1. The van der Waals surface area contributed by atoms with Crippen molar-refractivity contribution >= 4 is 58.3 Å². The Morgan fingerprint density at radius 2 is 0.844 bits per heavy atom. The molecule has 17 N–H and O–H groups in total. The zero-order chi connectivity index (χ0) is 33.7.